The van der Waals surface area contributed by atoms with E-state index in [1.165, 1.54) is 6.07 Å². The first-order valence-corrected chi connectivity index (χ1v) is 11.3. The number of thiophene rings is 1. The summed E-state index contributed by atoms with van der Waals surface area (Å²) in [4.78, 5) is 32.8. The number of carboxylic acids is 1. The number of piperazine rings is 1. The van der Waals surface area contributed by atoms with Crippen LogP contribution in [-0.2, 0) is 11.0 Å². The molecule has 178 valence electrons. The van der Waals surface area contributed by atoms with Crippen LogP contribution in [0.15, 0.2) is 54.7 Å². The van der Waals surface area contributed by atoms with Crippen LogP contribution in [-0.4, -0.2) is 59.6 Å². The fourth-order valence-electron chi connectivity index (χ4n) is 3.66. The van der Waals surface area contributed by atoms with Crippen LogP contribution in [0.5, 0.6) is 0 Å². The van der Waals surface area contributed by atoms with Crippen molar-refractivity contribution in [2.75, 3.05) is 42.9 Å². The molecule has 1 amide bonds. The van der Waals surface area contributed by atoms with E-state index in [2.05, 4.69) is 10.3 Å². The van der Waals surface area contributed by atoms with Crippen molar-refractivity contribution in [1.29, 1.82) is 0 Å². The zero-order chi connectivity index (χ0) is 24.3. The van der Waals surface area contributed by atoms with E-state index in [1.807, 2.05) is 40.1 Å². The number of aromatic carboxylic acids is 1. The van der Waals surface area contributed by atoms with E-state index in [0.29, 0.717) is 32.0 Å². The quantitative estimate of drug-likeness (QED) is 0.536. The van der Waals surface area contributed by atoms with Gasteiger partial charge in [-0.05, 0) is 23.8 Å². The summed E-state index contributed by atoms with van der Waals surface area (Å²) < 4.78 is 38.2. The molecule has 0 bridgehead atoms. The normalized spacial score (nSPS) is 14.7. The number of pyridine rings is 1. The SMILES string of the molecule is O=C(CN1CCN(c2ccc(C(F)(F)F)cn2)CC1)Nc1cc(-c2ccccc2)sc1C(=O)O. The summed E-state index contributed by atoms with van der Waals surface area (Å²) in [7, 11) is 0. The second-order valence-electron chi connectivity index (χ2n) is 7.74. The highest BCUT2D eigenvalue weighted by Crippen LogP contribution is 2.35. The number of nitrogens with one attached hydrogen (secondary N) is 1. The van der Waals surface area contributed by atoms with E-state index in [-0.39, 0.29) is 23.0 Å². The molecule has 1 aromatic carbocycles. The third-order valence-corrected chi connectivity index (χ3v) is 6.57. The highest BCUT2D eigenvalue weighted by atomic mass is 32.1. The minimum Gasteiger partial charge on any atom is -0.477 e. The maximum Gasteiger partial charge on any atom is 0.417 e. The predicted molar refractivity (Wildman–Crippen MR) is 123 cm³/mol. The number of alkyl halides is 3. The fourth-order valence-corrected chi connectivity index (χ4v) is 4.61. The summed E-state index contributed by atoms with van der Waals surface area (Å²) >= 11 is 1.10. The van der Waals surface area contributed by atoms with Crippen molar-refractivity contribution >= 4 is 34.7 Å². The van der Waals surface area contributed by atoms with Gasteiger partial charge in [-0.1, -0.05) is 30.3 Å². The lowest BCUT2D eigenvalue weighted by Gasteiger charge is -2.35. The molecule has 2 aromatic heterocycles. The average molecular weight is 491 g/mol. The van der Waals surface area contributed by atoms with Gasteiger partial charge in [-0.15, -0.1) is 11.3 Å². The van der Waals surface area contributed by atoms with Gasteiger partial charge in [0.1, 0.15) is 10.7 Å². The molecule has 1 aliphatic rings. The lowest BCUT2D eigenvalue weighted by molar-refractivity contribution is -0.137. The van der Waals surface area contributed by atoms with Gasteiger partial charge in [0, 0.05) is 37.3 Å². The summed E-state index contributed by atoms with van der Waals surface area (Å²) in [5.41, 5.74) is 0.327. The number of nitrogens with zero attached hydrogens (tertiary/aromatic N) is 3. The van der Waals surface area contributed by atoms with Crippen molar-refractivity contribution in [3.05, 3.63) is 65.2 Å². The number of aromatic nitrogens is 1. The minimum atomic E-state index is -4.43. The van der Waals surface area contributed by atoms with Gasteiger partial charge in [-0.3, -0.25) is 9.69 Å². The van der Waals surface area contributed by atoms with Crippen LogP contribution in [0.2, 0.25) is 0 Å². The smallest absolute Gasteiger partial charge is 0.417 e. The van der Waals surface area contributed by atoms with Crippen molar-refractivity contribution in [2.24, 2.45) is 0 Å². The molecule has 4 rings (SSSR count). The number of benzene rings is 1. The van der Waals surface area contributed by atoms with Crippen molar-refractivity contribution in [2.45, 2.75) is 6.18 Å². The minimum absolute atomic E-state index is 0.0606. The molecule has 1 fully saturated rings. The van der Waals surface area contributed by atoms with E-state index >= 15 is 0 Å². The first kappa shape index (κ1) is 23.7. The lowest BCUT2D eigenvalue weighted by atomic mass is 10.2. The monoisotopic (exact) mass is 490 g/mol. The third kappa shape index (κ3) is 5.54. The van der Waals surface area contributed by atoms with Crippen LogP contribution >= 0.6 is 11.3 Å². The molecule has 3 aromatic rings. The van der Waals surface area contributed by atoms with Crippen LogP contribution in [0.1, 0.15) is 15.2 Å². The van der Waals surface area contributed by atoms with Crippen LogP contribution in [0, 0.1) is 0 Å². The molecule has 11 heteroatoms. The Morgan fingerprint density at radius 2 is 1.76 bits per heavy atom. The Bertz CT molecular complexity index is 1160. The molecule has 2 N–H and O–H groups in total. The molecule has 7 nitrogen and oxygen atoms in total. The molecule has 0 atom stereocenters. The summed E-state index contributed by atoms with van der Waals surface area (Å²) in [6.45, 7) is 2.11. The van der Waals surface area contributed by atoms with Gasteiger partial charge in [0.05, 0.1) is 17.8 Å². The molecular formula is C23H21F3N4O3S. The standard InChI is InChI=1S/C23H21F3N4O3S/c24-23(25,26)16-6-7-19(27-13-16)30-10-8-29(9-11-30)14-20(31)28-17-12-18(34-21(17)22(32)33)15-4-2-1-3-5-15/h1-7,12-13H,8-11,14H2,(H,28,31)(H,32,33). The summed E-state index contributed by atoms with van der Waals surface area (Å²) in [5, 5.41) is 12.2. The first-order valence-electron chi connectivity index (χ1n) is 10.4. The number of hydrogen-bond donors (Lipinski definition) is 2. The largest absolute Gasteiger partial charge is 0.477 e. The summed E-state index contributed by atoms with van der Waals surface area (Å²) in [6, 6.07) is 13.3. The van der Waals surface area contributed by atoms with Crippen LogP contribution in [0.3, 0.4) is 0 Å². The van der Waals surface area contributed by atoms with Crippen LogP contribution < -0.4 is 10.2 Å². The van der Waals surface area contributed by atoms with Gasteiger partial charge in [-0.25, -0.2) is 9.78 Å². The number of rotatable bonds is 6. The molecule has 0 radical (unpaired) electrons. The predicted octanol–water partition coefficient (Wildman–Crippen LogP) is 4.29. The number of amides is 1. The van der Waals surface area contributed by atoms with Crippen molar-refractivity contribution in [3.8, 4) is 10.4 Å². The Balaban J connectivity index is 1.34. The number of carbonyl (C=O) groups excluding carboxylic acids is 1. The fraction of sp³-hybridized carbons (Fsp3) is 0.261. The molecule has 3 heterocycles. The number of carbonyl (C=O) groups is 2. The maximum absolute atomic E-state index is 12.7. The van der Waals surface area contributed by atoms with Gasteiger partial charge in [0.2, 0.25) is 5.91 Å². The highest BCUT2D eigenvalue weighted by molar-refractivity contribution is 7.18. The lowest BCUT2D eigenvalue weighted by Crippen LogP contribution is -2.49. The topological polar surface area (TPSA) is 85.8 Å². The third-order valence-electron chi connectivity index (χ3n) is 5.40. The van der Waals surface area contributed by atoms with Gasteiger partial charge in [0.25, 0.3) is 0 Å². The van der Waals surface area contributed by atoms with E-state index in [1.54, 1.807) is 6.07 Å². The molecule has 0 spiro atoms. The molecule has 1 aliphatic heterocycles. The van der Waals surface area contributed by atoms with Crippen LogP contribution in [0.4, 0.5) is 24.7 Å². The second-order valence-corrected chi connectivity index (χ2v) is 8.79. The molecule has 0 unspecified atom stereocenters. The number of hydrogen-bond acceptors (Lipinski definition) is 6. The van der Waals surface area contributed by atoms with Gasteiger partial charge in [-0.2, -0.15) is 13.2 Å². The maximum atomic E-state index is 12.7. The number of anilines is 2. The summed E-state index contributed by atoms with van der Waals surface area (Å²) in [6.07, 6.45) is -3.61. The van der Waals surface area contributed by atoms with E-state index in [9.17, 15) is 27.9 Å². The van der Waals surface area contributed by atoms with Crippen LogP contribution in [0.25, 0.3) is 10.4 Å². The second kappa shape index (κ2) is 9.82. The number of carboxylic acid groups (broad SMARTS) is 1. The average Bonchev–Trinajstić information content (AvgIpc) is 3.24. The molecular weight excluding hydrogens is 469 g/mol. The van der Waals surface area contributed by atoms with Gasteiger partial charge < -0.3 is 15.3 Å². The van der Waals surface area contributed by atoms with Crippen molar-refractivity contribution in [1.82, 2.24) is 9.88 Å². The van der Waals surface area contributed by atoms with E-state index in [4.69, 9.17) is 0 Å². The van der Waals surface area contributed by atoms with Gasteiger partial charge in [0.15, 0.2) is 0 Å². The molecule has 1 saturated heterocycles. The Labute approximate surface area is 197 Å². The molecule has 34 heavy (non-hydrogen) atoms. The zero-order valence-electron chi connectivity index (χ0n) is 17.9. The zero-order valence-corrected chi connectivity index (χ0v) is 18.7. The van der Waals surface area contributed by atoms with Crippen molar-refractivity contribution in [3.63, 3.8) is 0 Å². The van der Waals surface area contributed by atoms with Crippen molar-refractivity contribution < 1.29 is 27.9 Å². The molecule has 0 saturated carbocycles. The highest BCUT2D eigenvalue weighted by Gasteiger charge is 2.31. The Morgan fingerprint density at radius 3 is 2.35 bits per heavy atom. The summed E-state index contributed by atoms with van der Waals surface area (Å²) in [5.74, 6) is -0.990. The van der Waals surface area contributed by atoms with E-state index < -0.39 is 17.7 Å². The Hall–Kier alpha value is -3.44. The molecule has 0 aliphatic carbocycles. The Kier molecular flexibility index (Phi) is 6.85. The number of halogens is 3. The Morgan fingerprint density at radius 1 is 1.06 bits per heavy atom. The van der Waals surface area contributed by atoms with E-state index in [0.717, 1.165) is 34.0 Å². The van der Waals surface area contributed by atoms with Gasteiger partial charge >= 0.3 is 12.1 Å². The first-order chi connectivity index (χ1) is 16.2.